The van der Waals surface area contributed by atoms with Gasteiger partial charge in [0, 0.05) is 24.7 Å². The van der Waals surface area contributed by atoms with Crippen molar-refractivity contribution in [3.05, 3.63) is 41.1 Å². The Hall–Kier alpha value is -3.44. The molecule has 0 radical (unpaired) electrons. The lowest BCUT2D eigenvalue weighted by molar-refractivity contribution is -0.142. The quantitative estimate of drug-likeness (QED) is 0.665. The molecule has 0 saturated heterocycles. The number of carbonyl (C=O) groups is 2. The minimum Gasteiger partial charge on any atom is -0.464 e. The highest BCUT2D eigenvalue weighted by atomic mass is 19.4. The summed E-state index contributed by atoms with van der Waals surface area (Å²) in [5.41, 5.74) is -1.00. The number of ether oxygens (including phenoxy) is 1. The largest absolute Gasteiger partial charge is 0.464 e. The van der Waals surface area contributed by atoms with Gasteiger partial charge in [0.05, 0.1) is 19.0 Å². The number of nitrogens with zero attached hydrogens (tertiary/aromatic N) is 5. The van der Waals surface area contributed by atoms with Crippen LogP contribution in [-0.2, 0) is 18.0 Å². The van der Waals surface area contributed by atoms with Gasteiger partial charge in [-0.1, -0.05) is 0 Å². The average Bonchev–Trinajstić information content (AvgIpc) is 3.32. The number of fused-ring (bicyclic) bond motifs is 1. The molecule has 0 aliphatic heterocycles. The topological polar surface area (TPSA) is 103 Å². The number of rotatable bonds is 4. The Morgan fingerprint density at radius 3 is 2.62 bits per heavy atom. The zero-order chi connectivity index (χ0) is 20.9. The maximum atomic E-state index is 13.5. The molecule has 0 atom stereocenters. The highest BCUT2D eigenvalue weighted by Gasteiger charge is 2.37. The summed E-state index contributed by atoms with van der Waals surface area (Å²) >= 11 is 0. The fourth-order valence-electron chi connectivity index (χ4n) is 2.95. The van der Waals surface area contributed by atoms with Crippen LogP contribution in [0.4, 0.5) is 18.9 Å². The van der Waals surface area contributed by atoms with E-state index in [0.29, 0.717) is 10.2 Å². The number of hydrogen-bond donors (Lipinski definition) is 1. The number of nitrogens with one attached hydrogen (secondary N) is 1. The number of anilines is 1. The third-order valence-corrected chi connectivity index (χ3v) is 4.53. The predicted octanol–water partition coefficient (Wildman–Crippen LogP) is 2.40. The summed E-state index contributed by atoms with van der Waals surface area (Å²) in [6, 6.07) is 2.14. The Bertz CT molecular complexity index is 1130. The SMILES string of the molecule is COC(=O)c1c(NC(=O)c2cc3nc(C4CC4)cc(C(F)(F)F)n3n2)cnn1C. The van der Waals surface area contributed by atoms with E-state index in [1.165, 1.54) is 31.1 Å². The van der Waals surface area contributed by atoms with E-state index in [4.69, 9.17) is 0 Å². The van der Waals surface area contributed by atoms with E-state index in [-0.39, 0.29) is 28.6 Å². The van der Waals surface area contributed by atoms with Crippen molar-refractivity contribution in [3.63, 3.8) is 0 Å². The molecule has 1 aliphatic carbocycles. The van der Waals surface area contributed by atoms with Gasteiger partial charge in [-0.25, -0.2) is 14.3 Å². The van der Waals surface area contributed by atoms with Crippen molar-refractivity contribution in [2.75, 3.05) is 12.4 Å². The molecule has 3 heterocycles. The van der Waals surface area contributed by atoms with E-state index in [0.717, 1.165) is 18.9 Å². The zero-order valence-corrected chi connectivity index (χ0v) is 15.3. The van der Waals surface area contributed by atoms with Crippen LogP contribution in [0, 0.1) is 0 Å². The van der Waals surface area contributed by atoms with Crippen molar-refractivity contribution in [1.82, 2.24) is 24.4 Å². The van der Waals surface area contributed by atoms with Gasteiger partial charge in [0.1, 0.15) is 5.69 Å². The minimum absolute atomic E-state index is 0.00807. The van der Waals surface area contributed by atoms with Gasteiger partial charge < -0.3 is 10.1 Å². The molecular formula is C17H15F3N6O3. The molecule has 1 fully saturated rings. The van der Waals surface area contributed by atoms with Crippen LogP contribution in [0.1, 0.15) is 51.1 Å². The molecule has 1 saturated carbocycles. The molecule has 1 aliphatic rings. The van der Waals surface area contributed by atoms with E-state index in [9.17, 15) is 22.8 Å². The first kappa shape index (κ1) is 18.9. The van der Waals surface area contributed by atoms with Crippen LogP contribution >= 0.6 is 0 Å². The summed E-state index contributed by atoms with van der Waals surface area (Å²) < 4.78 is 46.9. The van der Waals surface area contributed by atoms with Crippen molar-refractivity contribution < 1.29 is 27.5 Å². The van der Waals surface area contributed by atoms with Gasteiger partial charge in [0.2, 0.25) is 0 Å². The normalized spacial score (nSPS) is 14.2. The lowest BCUT2D eigenvalue weighted by Gasteiger charge is -2.10. The summed E-state index contributed by atoms with van der Waals surface area (Å²) in [5, 5.41) is 10.1. The average molecular weight is 408 g/mol. The van der Waals surface area contributed by atoms with Gasteiger partial charge in [-0.3, -0.25) is 9.48 Å². The first-order valence-corrected chi connectivity index (χ1v) is 8.58. The number of halogens is 3. The number of aromatic nitrogens is 5. The van der Waals surface area contributed by atoms with Gasteiger partial charge in [0.25, 0.3) is 5.91 Å². The number of alkyl halides is 3. The van der Waals surface area contributed by atoms with Gasteiger partial charge >= 0.3 is 12.1 Å². The summed E-state index contributed by atoms with van der Waals surface area (Å²) in [5.74, 6) is -1.55. The molecule has 0 bridgehead atoms. The molecule has 29 heavy (non-hydrogen) atoms. The molecule has 4 rings (SSSR count). The number of methoxy groups -OCH3 is 1. The Balaban J connectivity index is 1.72. The van der Waals surface area contributed by atoms with E-state index in [2.05, 4.69) is 25.2 Å². The second-order valence-electron chi connectivity index (χ2n) is 6.61. The van der Waals surface area contributed by atoms with Crippen LogP contribution in [0.5, 0.6) is 0 Å². The zero-order valence-electron chi connectivity index (χ0n) is 15.3. The Morgan fingerprint density at radius 1 is 1.28 bits per heavy atom. The summed E-state index contributed by atoms with van der Waals surface area (Å²) in [7, 11) is 2.65. The highest BCUT2D eigenvalue weighted by molar-refractivity contribution is 6.06. The predicted molar refractivity (Wildman–Crippen MR) is 92.5 cm³/mol. The molecule has 0 aromatic carbocycles. The fourth-order valence-corrected chi connectivity index (χ4v) is 2.95. The lowest BCUT2D eigenvalue weighted by Crippen LogP contribution is -2.18. The standard InChI is InChI=1S/C17H15F3N6O3/c1-25-14(16(28)29-2)11(7-21-25)23-15(27)10-6-13-22-9(8-3-4-8)5-12(17(18,19)20)26(13)24-10/h5-8H,3-4H2,1-2H3,(H,23,27). The Labute approximate surface area is 161 Å². The molecule has 152 valence electrons. The first-order valence-electron chi connectivity index (χ1n) is 8.58. The van der Waals surface area contributed by atoms with Crippen molar-refractivity contribution in [1.29, 1.82) is 0 Å². The Kier molecular flexibility index (Phi) is 4.28. The van der Waals surface area contributed by atoms with Gasteiger partial charge in [-0.15, -0.1) is 0 Å². The van der Waals surface area contributed by atoms with Crippen LogP contribution in [-0.4, -0.2) is 43.4 Å². The van der Waals surface area contributed by atoms with Crippen molar-refractivity contribution in [2.45, 2.75) is 24.9 Å². The third-order valence-electron chi connectivity index (χ3n) is 4.53. The van der Waals surface area contributed by atoms with Gasteiger partial charge in [-0.2, -0.15) is 23.4 Å². The number of carbonyl (C=O) groups excluding carboxylic acids is 2. The third kappa shape index (κ3) is 3.41. The Morgan fingerprint density at radius 2 is 2.00 bits per heavy atom. The molecule has 3 aromatic heterocycles. The number of esters is 1. The molecule has 3 aromatic rings. The molecule has 1 N–H and O–H groups in total. The molecule has 9 nitrogen and oxygen atoms in total. The summed E-state index contributed by atoms with van der Waals surface area (Å²) in [6.07, 6.45) is -1.88. The van der Waals surface area contributed by atoms with Crippen LogP contribution in [0.15, 0.2) is 18.3 Å². The van der Waals surface area contributed by atoms with E-state index in [1.54, 1.807) is 0 Å². The van der Waals surface area contributed by atoms with E-state index >= 15 is 0 Å². The van der Waals surface area contributed by atoms with Crippen molar-refractivity contribution >= 4 is 23.2 Å². The van der Waals surface area contributed by atoms with Gasteiger partial charge in [-0.05, 0) is 18.9 Å². The van der Waals surface area contributed by atoms with Crippen molar-refractivity contribution in [2.24, 2.45) is 7.05 Å². The van der Waals surface area contributed by atoms with E-state index < -0.39 is 23.7 Å². The molecular weight excluding hydrogens is 393 g/mol. The molecule has 12 heteroatoms. The monoisotopic (exact) mass is 408 g/mol. The highest BCUT2D eigenvalue weighted by Crippen LogP contribution is 2.41. The molecule has 1 amide bonds. The minimum atomic E-state index is -4.66. The second kappa shape index (κ2) is 6.57. The van der Waals surface area contributed by atoms with Crippen LogP contribution < -0.4 is 5.32 Å². The lowest BCUT2D eigenvalue weighted by atomic mass is 10.2. The number of aryl methyl sites for hydroxylation is 1. The van der Waals surface area contributed by atoms with Gasteiger partial charge in [0.15, 0.2) is 17.0 Å². The number of amides is 1. The van der Waals surface area contributed by atoms with Crippen LogP contribution in [0.2, 0.25) is 0 Å². The summed E-state index contributed by atoms with van der Waals surface area (Å²) in [6.45, 7) is 0. The van der Waals surface area contributed by atoms with Crippen LogP contribution in [0.25, 0.3) is 5.65 Å². The number of hydrogen-bond acceptors (Lipinski definition) is 6. The van der Waals surface area contributed by atoms with E-state index in [1.807, 2.05) is 0 Å². The second-order valence-corrected chi connectivity index (χ2v) is 6.61. The first-order chi connectivity index (χ1) is 13.7. The van der Waals surface area contributed by atoms with Crippen molar-refractivity contribution in [3.8, 4) is 0 Å². The molecule has 0 unspecified atom stereocenters. The fraction of sp³-hybridized carbons (Fsp3) is 0.353. The maximum absolute atomic E-state index is 13.5. The van der Waals surface area contributed by atoms with Crippen LogP contribution in [0.3, 0.4) is 0 Å². The summed E-state index contributed by atoms with van der Waals surface area (Å²) in [4.78, 5) is 28.6. The maximum Gasteiger partial charge on any atom is 0.433 e. The smallest absolute Gasteiger partial charge is 0.433 e. The molecule has 0 spiro atoms.